The molecule has 0 atom stereocenters. The first-order valence-electron chi connectivity index (χ1n) is 6.99. The molecule has 2 aromatic rings. The lowest BCUT2D eigenvalue weighted by atomic mass is 10.0. The maximum Gasteiger partial charge on any atom is 0.261 e. The summed E-state index contributed by atoms with van der Waals surface area (Å²) < 4.78 is 27.3. The van der Waals surface area contributed by atoms with E-state index in [0.29, 0.717) is 6.54 Å². The number of dihydropyridines is 1. The summed E-state index contributed by atoms with van der Waals surface area (Å²) in [6.45, 7) is 0.708. The molecule has 1 aromatic carbocycles. The Morgan fingerprint density at radius 2 is 1.96 bits per heavy atom. The highest BCUT2D eigenvalue weighted by molar-refractivity contribution is 7.92. The molecule has 1 aliphatic heterocycles. The number of halogens is 1. The zero-order valence-electron chi connectivity index (χ0n) is 12.1. The average Bonchev–Trinajstić information content (AvgIpc) is 2.58. The summed E-state index contributed by atoms with van der Waals surface area (Å²) in [6.07, 6.45) is 6.05. The maximum absolute atomic E-state index is 12.4. The van der Waals surface area contributed by atoms with E-state index < -0.39 is 10.0 Å². The number of sulfonamides is 1. The van der Waals surface area contributed by atoms with Crippen LogP contribution >= 0.6 is 11.6 Å². The molecule has 1 N–H and O–H groups in total. The van der Waals surface area contributed by atoms with Crippen LogP contribution < -0.4 is 4.72 Å². The summed E-state index contributed by atoms with van der Waals surface area (Å²) in [5, 5.41) is 0.110. The quantitative estimate of drug-likeness (QED) is 0.862. The fourth-order valence-corrected chi connectivity index (χ4v) is 3.51. The van der Waals surface area contributed by atoms with Gasteiger partial charge in [-0.2, -0.15) is 0 Å². The number of hydrogen-bond donors (Lipinski definition) is 1. The van der Waals surface area contributed by atoms with E-state index in [9.17, 15) is 8.42 Å². The Morgan fingerprint density at radius 1 is 1.17 bits per heavy atom. The SMILES string of the molecule is O=S(=O)(Nc1cc(C2=CC=NCC2)cnc1Cl)c1ccccc1. The van der Waals surface area contributed by atoms with Crippen LogP contribution in [-0.4, -0.2) is 26.2 Å². The Kier molecular flexibility index (Phi) is 4.45. The summed E-state index contributed by atoms with van der Waals surface area (Å²) in [7, 11) is -3.70. The highest BCUT2D eigenvalue weighted by Crippen LogP contribution is 2.28. The summed E-state index contributed by atoms with van der Waals surface area (Å²) >= 11 is 6.04. The number of anilines is 1. The van der Waals surface area contributed by atoms with Gasteiger partial charge < -0.3 is 0 Å². The predicted molar refractivity (Wildman–Crippen MR) is 92.5 cm³/mol. The third kappa shape index (κ3) is 3.60. The van der Waals surface area contributed by atoms with Crippen LogP contribution in [0.25, 0.3) is 5.57 Å². The Labute approximate surface area is 139 Å². The number of aliphatic imine (C=N–C) groups is 1. The summed E-state index contributed by atoms with van der Waals surface area (Å²) in [5.41, 5.74) is 2.13. The standard InChI is InChI=1S/C16H14ClN3O2S/c17-16-15(20-23(21,22)14-4-2-1-3-5-14)10-13(11-19-16)12-6-8-18-9-7-12/h1-6,8,10-11,20H,7,9H2. The molecule has 0 saturated heterocycles. The fraction of sp³-hybridized carbons (Fsp3) is 0.125. The molecule has 0 saturated carbocycles. The molecule has 118 valence electrons. The molecule has 0 unspecified atom stereocenters. The normalized spacial score (nSPS) is 14.4. The van der Waals surface area contributed by atoms with Crippen molar-refractivity contribution < 1.29 is 8.42 Å². The average molecular weight is 348 g/mol. The number of rotatable bonds is 4. The van der Waals surface area contributed by atoms with E-state index in [0.717, 1.165) is 17.6 Å². The van der Waals surface area contributed by atoms with E-state index in [1.165, 1.54) is 12.1 Å². The Morgan fingerprint density at radius 3 is 2.65 bits per heavy atom. The molecule has 23 heavy (non-hydrogen) atoms. The molecule has 1 aliphatic rings. The second kappa shape index (κ2) is 6.52. The van der Waals surface area contributed by atoms with Crippen molar-refractivity contribution in [1.82, 2.24) is 4.98 Å². The number of hydrogen-bond acceptors (Lipinski definition) is 4. The van der Waals surface area contributed by atoms with Crippen molar-refractivity contribution in [2.45, 2.75) is 11.3 Å². The summed E-state index contributed by atoms with van der Waals surface area (Å²) in [4.78, 5) is 8.39. The van der Waals surface area contributed by atoms with Crippen molar-refractivity contribution >= 4 is 39.1 Å². The highest BCUT2D eigenvalue weighted by atomic mass is 35.5. The van der Waals surface area contributed by atoms with Crippen LogP contribution in [0.2, 0.25) is 5.15 Å². The van der Waals surface area contributed by atoms with Gasteiger partial charge in [-0.15, -0.1) is 0 Å². The first kappa shape index (κ1) is 15.7. The second-order valence-corrected chi connectivity index (χ2v) is 7.02. The lowest BCUT2D eigenvalue weighted by Crippen LogP contribution is -2.13. The number of pyridine rings is 1. The highest BCUT2D eigenvalue weighted by Gasteiger charge is 2.17. The van der Waals surface area contributed by atoms with Crippen molar-refractivity contribution in [3.05, 3.63) is 59.4 Å². The van der Waals surface area contributed by atoms with Gasteiger partial charge in [0.15, 0.2) is 5.15 Å². The molecule has 0 spiro atoms. The van der Waals surface area contributed by atoms with E-state index >= 15 is 0 Å². The Bertz CT molecular complexity index is 877. The van der Waals surface area contributed by atoms with E-state index in [1.807, 2.05) is 6.08 Å². The first-order chi connectivity index (χ1) is 11.1. The Balaban J connectivity index is 1.94. The monoisotopic (exact) mass is 347 g/mol. The molecule has 0 fully saturated rings. The molecule has 5 nitrogen and oxygen atoms in total. The summed E-state index contributed by atoms with van der Waals surface area (Å²) in [6, 6.07) is 9.82. The smallest absolute Gasteiger partial charge is 0.261 e. The minimum Gasteiger partial charge on any atom is -0.293 e. The zero-order valence-corrected chi connectivity index (χ0v) is 13.7. The van der Waals surface area contributed by atoms with E-state index in [1.54, 1.807) is 36.7 Å². The van der Waals surface area contributed by atoms with Gasteiger partial charge in [0.05, 0.1) is 10.6 Å². The van der Waals surface area contributed by atoms with Gasteiger partial charge in [0.1, 0.15) is 0 Å². The molecule has 3 rings (SSSR count). The number of benzene rings is 1. The van der Waals surface area contributed by atoms with Gasteiger partial charge in [-0.1, -0.05) is 29.8 Å². The summed E-state index contributed by atoms with van der Waals surface area (Å²) in [5.74, 6) is 0. The largest absolute Gasteiger partial charge is 0.293 e. The third-order valence-electron chi connectivity index (χ3n) is 3.40. The van der Waals surface area contributed by atoms with Crippen molar-refractivity contribution in [1.29, 1.82) is 0 Å². The predicted octanol–water partition coefficient (Wildman–Crippen LogP) is 3.39. The van der Waals surface area contributed by atoms with E-state index in [-0.39, 0.29) is 15.7 Å². The van der Waals surface area contributed by atoms with Crippen molar-refractivity contribution in [2.75, 3.05) is 11.3 Å². The van der Waals surface area contributed by atoms with Gasteiger partial charge in [0.2, 0.25) is 0 Å². The number of nitrogens with one attached hydrogen (secondary N) is 1. The van der Waals surface area contributed by atoms with Crippen LogP contribution in [0.15, 0.2) is 58.6 Å². The zero-order chi connectivity index (χ0) is 16.3. The maximum atomic E-state index is 12.4. The third-order valence-corrected chi connectivity index (χ3v) is 5.08. The van der Waals surface area contributed by atoms with Crippen LogP contribution in [0.4, 0.5) is 5.69 Å². The van der Waals surface area contributed by atoms with Gasteiger partial charge in [0.25, 0.3) is 10.0 Å². The van der Waals surface area contributed by atoms with Crippen LogP contribution in [-0.2, 0) is 10.0 Å². The Hall–Kier alpha value is -2.18. The molecular weight excluding hydrogens is 334 g/mol. The van der Waals surface area contributed by atoms with Gasteiger partial charge >= 0.3 is 0 Å². The molecule has 0 amide bonds. The lowest BCUT2D eigenvalue weighted by Gasteiger charge is -2.13. The molecular formula is C16H14ClN3O2S. The topological polar surface area (TPSA) is 71.4 Å². The van der Waals surface area contributed by atoms with Crippen LogP contribution in [0, 0.1) is 0 Å². The van der Waals surface area contributed by atoms with Gasteiger partial charge in [-0.05, 0) is 41.8 Å². The molecule has 2 heterocycles. The first-order valence-corrected chi connectivity index (χ1v) is 8.85. The van der Waals surface area contributed by atoms with Gasteiger partial charge in [0, 0.05) is 19.0 Å². The number of aromatic nitrogens is 1. The fourth-order valence-electron chi connectivity index (χ4n) is 2.22. The molecule has 0 bridgehead atoms. The molecule has 1 aromatic heterocycles. The van der Waals surface area contributed by atoms with E-state index in [4.69, 9.17) is 11.6 Å². The molecule has 0 radical (unpaired) electrons. The van der Waals surface area contributed by atoms with Crippen LogP contribution in [0.3, 0.4) is 0 Å². The number of nitrogens with zero attached hydrogens (tertiary/aromatic N) is 2. The van der Waals surface area contributed by atoms with Crippen molar-refractivity contribution in [2.24, 2.45) is 4.99 Å². The van der Waals surface area contributed by atoms with E-state index in [2.05, 4.69) is 14.7 Å². The van der Waals surface area contributed by atoms with Crippen molar-refractivity contribution in [3.63, 3.8) is 0 Å². The minimum absolute atomic E-state index is 0.110. The molecule has 0 aliphatic carbocycles. The lowest BCUT2D eigenvalue weighted by molar-refractivity contribution is 0.601. The van der Waals surface area contributed by atoms with Crippen molar-refractivity contribution in [3.8, 4) is 0 Å². The molecule has 7 heteroatoms. The van der Waals surface area contributed by atoms with Gasteiger partial charge in [-0.3, -0.25) is 9.71 Å². The second-order valence-electron chi connectivity index (χ2n) is 4.98. The number of allylic oxidation sites excluding steroid dienone is 1. The minimum atomic E-state index is -3.70. The van der Waals surface area contributed by atoms with Crippen LogP contribution in [0.5, 0.6) is 0 Å². The van der Waals surface area contributed by atoms with Crippen LogP contribution in [0.1, 0.15) is 12.0 Å². The van der Waals surface area contributed by atoms with Gasteiger partial charge in [-0.25, -0.2) is 13.4 Å².